The van der Waals surface area contributed by atoms with Crippen LogP contribution >= 0.6 is 11.6 Å². The lowest BCUT2D eigenvalue weighted by molar-refractivity contribution is -0.135. The summed E-state index contributed by atoms with van der Waals surface area (Å²) in [5, 5.41) is 0.650. The fourth-order valence-electron chi connectivity index (χ4n) is 3.75. The van der Waals surface area contributed by atoms with Gasteiger partial charge in [0.2, 0.25) is 5.91 Å². The molecule has 2 aromatic rings. The Labute approximate surface area is 147 Å². The molecule has 0 spiro atoms. The normalized spacial score (nSPS) is 20.1. The van der Waals surface area contributed by atoms with Crippen molar-refractivity contribution < 1.29 is 4.79 Å². The van der Waals surface area contributed by atoms with Crippen LogP contribution in [0.25, 0.3) is 0 Å². The van der Waals surface area contributed by atoms with E-state index in [4.69, 9.17) is 11.6 Å². The number of carbonyl (C=O) groups is 1. The van der Waals surface area contributed by atoms with Crippen LogP contribution in [0.15, 0.2) is 42.7 Å². The van der Waals surface area contributed by atoms with E-state index < -0.39 is 0 Å². The quantitative estimate of drug-likeness (QED) is 0.842. The van der Waals surface area contributed by atoms with Crippen LogP contribution in [0.1, 0.15) is 17.5 Å². The molecule has 5 heteroatoms. The molecule has 1 fully saturated rings. The highest BCUT2D eigenvalue weighted by Crippen LogP contribution is 2.31. The third-order valence-corrected chi connectivity index (χ3v) is 5.36. The number of nitrogens with zero attached hydrogens (tertiary/aromatic N) is 3. The summed E-state index contributed by atoms with van der Waals surface area (Å²) in [5.74, 6) is 0.330. The Morgan fingerprint density at radius 1 is 1.17 bits per heavy atom. The van der Waals surface area contributed by atoms with Gasteiger partial charge in [0.15, 0.2) is 0 Å². The molecule has 124 valence electrons. The van der Waals surface area contributed by atoms with E-state index in [1.807, 2.05) is 11.0 Å². The molecule has 0 radical (unpaired) electrons. The van der Waals surface area contributed by atoms with E-state index in [-0.39, 0.29) is 11.8 Å². The van der Waals surface area contributed by atoms with Gasteiger partial charge in [0.05, 0.1) is 16.6 Å². The summed E-state index contributed by atoms with van der Waals surface area (Å²) >= 11 is 6.24. The Bertz CT molecular complexity index is 764. The number of benzene rings is 1. The summed E-state index contributed by atoms with van der Waals surface area (Å²) < 4.78 is 0. The van der Waals surface area contributed by atoms with Crippen molar-refractivity contribution in [1.82, 2.24) is 9.88 Å². The van der Waals surface area contributed by atoms with Crippen molar-refractivity contribution in [3.63, 3.8) is 0 Å². The Morgan fingerprint density at radius 3 is 2.83 bits per heavy atom. The van der Waals surface area contributed by atoms with Crippen molar-refractivity contribution >= 4 is 23.2 Å². The van der Waals surface area contributed by atoms with Gasteiger partial charge in [-0.15, -0.1) is 0 Å². The highest BCUT2D eigenvalue weighted by atomic mass is 35.5. The molecule has 0 bridgehead atoms. The highest BCUT2D eigenvalue weighted by molar-refractivity contribution is 6.33. The lowest BCUT2D eigenvalue weighted by Crippen LogP contribution is -2.40. The van der Waals surface area contributed by atoms with Crippen LogP contribution < -0.4 is 4.90 Å². The van der Waals surface area contributed by atoms with Gasteiger partial charge in [-0.1, -0.05) is 35.9 Å². The van der Waals surface area contributed by atoms with Crippen LogP contribution in [0.2, 0.25) is 5.02 Å². The maximum atomic E-state index is 12.9. The van der Waals surface area contributed by atoms with E-state index in [9.17, 15) is 4.79 Å². The maximum Gasteiger partial charge on any atom is 0.227 e. The molecular weight excluding hydrogens is 322 g/mol. The second-order valence-electron chi connectivity index (χ2n) is 6.54. The van der Waals surface area contributed by atoms with E-state index in [1.54, 1.807) is 12.4 Å². The Kier molecular flexibility index (Phi) is 4.15. The average Bonchev–Trinajstić information content (AvgIpc) is 3.11. The van der Waals surface area contributed by atoms with Crippen molar-refractivity contribution in [1.29, 1.82) is 0 Å². The van der Waals surface area contributed by atoms with Crippen LogP contribution in [0.3, 0.4) is 0 Å². The Balaban J connectivity index is 1.44. The number of pyridine rings is 1. The lowest BCUT2D eigenvalue weighted by atomic mass is 9.98. The molecule has 0 aliphatic carbocycles. The predicted molar refractivity (Wildman–Crippen MR) is 95.1 cm³/mol. The molecule has 2 aliphatic rings. The summed E-state index contributed by atoms with van der Waals surface area (Å²) in [4.78, 5) is 21.2. The van der Waals surface area contributed by atoms with E-state index in [1.165, 1.54) is 11.1 Å². The molecule has 24 heavy (non-hydrogen) atoms. The monoisotopic (exact) mass is 341 g/mol. The summed E-state index contributed by atoms with van der Waals surface area (Å²) in [6, 6.07) is 10.3. The molecule has 1 atom stereocenters. The molecule has 1 unspecified atom stereocenters. The van der Waals surface area contributed by atoms with Crippen molar-refractivity contribution in [3.05, 3.63) is 58.9 Å². The van der Waals surface area contributed by atoms with Gasteiger partial charge in [-0.2, -0.15) is 0 Å². The largest absolute Gasteiger partial charge is 0.369 e. The SMILES string of the molecule is O=C(C1CCN(c2ccncc2Cl)C1)N1CCc2ccccc2C1. The summed E-state index contributed by atoms with van der Waals surface area (Å²) in [5.41, 5.74) is 3.63. The van der Waals surface area contributed by atoms with Gasteiger partial charge in [0.1, 0.15) is 0 Å². The summed E-state index contributed by atoms with van der Waals surface area (Å²) in [6.45, 7) is 3.16. The Morgan fingerprint density at radius 2 is 2.00 bits per heavy atom. The minimum absolute atomic E-state index is 0.0551. The third-order valence-electron chi connectivity index (χ3n) is 5.07. The fraction of sp³-hybridized carbons (Fsp3) is 0.368. The molecule has 1 aromatic carbocycles. The Hall–Kier alpha value is -2.07. The predicted octanol–water partition coefficient (Wildman–Crippen LogP) is 3.15. The molecule has 4 rings (SSSR count). The van der Waals surface area contributed by atoms with E-state index >= 15 is 0 Å². The first-order valence-corrected chi connectivity index (χ1v) is 8.80. The molecular formula is C19H20ClN3O. The van der Waals surface area contributed by atoms with Crippen molar-refractivity contribution in [2.24, 2.45) is 5.92 Å². The average molecular weight is 342 g/mol. The van der Waals surface area contributed by atoms with Crippen molar-refractivity contribution in [2.75, 3.05) is 24.5 Å². The number of halogens is 1. The van der Waals surface area contributed by atoms with Crippen LogP contribution in [-0.2, 0) is 17.8 Å². The molecule has 0 saturated carbocycles. The fourth-order valence-corrected chi connectivity index (χ4v) is 3.99. The number of rotatable bonds is 2. The number of amides is 1. The minimum Gasteiger partial charge on any atom is -0.369 e. The van der Waals surface area contributed by atoms with Crippen LogP contribution in [0, 0.1) is 5.92 Å². The number of fused-ring (bicyclic) bond motifs is 1. The first-order chi connectivity index (χ1) is 11.7. The minimum atomic E-state index is 0.0551. The standard InChI is InChI=1S/C19H20ClN3O/c20-17-11-21-8-5-18(17)22-9-7-16(13-22)19(24)23-10-6-14-3-1-2-4-15(14)12-23/h1-5,8,11,16H,6-7,9-10,12-13H2. The molecule has 1 amide bonds. The summed E-state index contributed by atoms with van der Waals surface area (Å²) in [6.07, 6.45) is 5.25. The third kappa shape index (κ3) is 2.86. The maximum absolute atomic E-state index is 12.9. The van der Waals surface area contributed by atoms with Crippen LogP contribution in [0.4, 0.5) is 5.69 Å². The molecule has 1 aromatic heterocycles. The van der Waals surface area contributed by atoms with Gasteiger partial charge < -0.3 is 9.80 Å². The van der Waals surface area contributed by atoms with Gasteiger partial charge in [0.25, 0.3) is 0 Å². The number of anilines is 1. The van der Waals surface area contributed by atoms with Crippen LogP contribution in [-0.4, -0.2) is 35.4 Å². The second kappa shape index (κ2) is 6.44. The number of carbonyl (C=O) groups excluding carboxylic acids is 1. The number of hydrogen-bond acceptors (Lipinski definition) is 3. The van der Waals surface area contributed by atoms with Gasteiger partial charge in [-0.3, -0.25) is 9.78 Å². The zero-order valence-corrected chi connectivity index (χ0v) is 14.2. The first-order valence-electron chi connectivity index (χ1n) is 8.42. The lowest BCUT2D eigenvalue weighted by Gasteiger charge is -2.31. The van der Waals surface area contributed by atoms with Gasteiger partial charge in [-0.05, 0) is 30.0 Å². The number of hydrogen-bond donors (Lipinski definition) is 0. The van der Waals surface area contributed by atoms with Gasteiger partial charge in [-0.25, -0.2) is 0 Å². The smallest absolute Gasteiger partial charge is 0.227 e. The van der Waals surface area contributed by atoms with E-state index in [0.717, 1.165) is 44.7 Å². The van der Waals surface area contributed by atoms with Crippen LogP contribution in [0.5, 0.6) is 0 Å². The molecule has 2 aliphatic heterocycles. The highest BCUT2D eigenvalue weighted by Gasteiger charge is 2.33. The summed E-state index contributed by atoms with van der Waals surface area (Å²) in [7, 11) is 0. The molecule has 1 saturated heterocycles. The van der Waals surface area contributed by atoms with Gasteiger partial charge in [0, 0.05) is 38.6 Å². The van der Waals surface area contributed by atoms with Crippen molar-refractivity contribution in [2.45, 2.75) is 19.4 Å². The van der Waals surface area contributed by atoms with Crippen molar-refractivity contribution in [3.8, 4) is 0 Å². The second-order valence-corrected chi connectivity index (χ2v) is 6.94. The molecule has 3 heterocycles. The zero-order valence-electron chi connectivity index (χ0n) is 13.5. The molecule has 0 N–H and O–H groups in total. The molecule has 4 nitrogen and oxygen atoms in total. The van der Waals surface area contributed by atoms with E-state index in [2.05, 4.69) is 34.1 Å². The topological polar surface area (TPSA) is 36.4 Å². The van der Waals surface area contributed by atoms with Gasteiger partial charge >= 0.3 is 0 Å². The first kappa shape index (κ1) is 15.5. The zero-order chi connectivity index (χ0) is 16.5. The number of aromatic nitrogens is 1. The van der Waals surface area contributed by atoms with E-state index in [0.29, 0.717) is 5.02 Å².